The van der Waals surface area contributed by atoms with E-state index in [-0.39, 0.29) is 12.0 Å². The van der Waals surface area contributed by atoms with Gasteiger partial charge in [-0.3, -0.25) is 0 Å². The van der Waals surface area contributed by atoms with Crippen LogP contribution in [0, 0.1) is 0 Å². The van der Waals surface area contributed by atoms with Crippen LogP contribution in [0.25, 0.3) is 10.2 Å². The Morgan fingerprint density at radius 1 is 1.44 bits per heavy atom. The van der Waals surface area contributed by atoms with E-state index in [1.165, 1.54) is 0 Å². The number of hydrogen-bond acceptors (Lipinski definition) is 4. The zero-order chi connectivity index (χ0) is 11.1. The molecule has 1 aromatic carbocycles. The average molecular weight is 255 g/mol. The van der Waals surface area contributed by atoms with Gasteiger partial charge in [0.05, 0.1) is 29.3 Å². The van der Waals surface area contributed by atoms with Crippen LogP contribution in [0.3, 0.4) is 0 Å². The Hall–Kier alpha value is -0.680. The number of benzene rings is 1. The van der Waals surface area contributed by atoms with Crippen molar-refractivity contribution in [3.05, 3.63) is 28.2 Å². The fourth-order valence-electron chi connectivity index (χ4n) is 1.90. The fourth-order valence-corrected chi connectivity index (χ4v) is 3.18. The number of ether oxygens (including phenoxy) is 1. The number of nitrogens with two attached hydrogens (primary N) is 1. The molecule has 0 spiro atoms. The molecule has 84 valence electrons. The molecule has 1 aromatic heterocycles. The summed E-state index contributed by atoms with van der Waals surface area (Å²) in [4.78, 5) is 4.58. The van der Waals surface area contributed by atoms with Crippen molar-refractivity contribution in [2.75, 3.05) is 13.2 Å². The first kappa shape index (κ1) is 10.5. The SMILES string of the molecule is NC1COCC1c1nc2cc(Cl)ccc2s1. The molecular formula is C11H11ClN2OS. The van der Waals surface area contributed by atoms with Crippen LogP contribution in [0.4, 0.5) is 0 Å². The van der Waals surface area contributed by atoms with Crippen molar-refractivity contribution in [2.24, 2.45) is 5.73 Å². The van der Waals surface area contributed by atoms with E-state index >= 15 is 0 Å². The highest BCUT2D eigenvalue weighted by molar-refractivity contribution is 7.18. The topological polar surface area (TPSA) is 48.1 Å². The minimum Gasteiger partial charge on any atom is -0.379 e. The van der Waals surface area contributed by atoms with E-state index in [2.05, 4.69) is 4.98 Å². The van der Waals surface area contributed by atoms with Crippen LogP contribution in [-0.2, 0) is 4.74 Å². The Morgan fingerprint density at radius 2 is 2.31 bits per heavy atom. The van der Waals surface area contributed by atoms with Crippen LogP contribution in [0.2, 0.25) is 5.02 Å². The van der Waals surface area contributed by atoms with Crippen molar-refractivity contribution in [1.29, 1.82) is 0 Å². The van der Waals surface area contributed by atoms with Crippen LogP contribution in [0.15, 0.2) is 18.2 Å². The molecule has 2 heterocycles. The van der Waals surface area contributed by atoms with Crippen molar-refractivity contribution in [2.45, 2.75) is 12.0 Å². The monoisotopic (exact) mass is 254 g/mol. The lowest BCUT2D eigenvalue weighted by molar-refractivity contribution is 0.191. The molecule has 2 N–H and O–H groups in total. The van der Waals surface area contributed by atoms with E-state index < -0.39 is 0 Å². The third-order valence-corrected chi connectivity index (χ3v) is 4.21. The molecule has 0 saturated carbocycles. The van der Waals surface area contributed by atoms with Gasteiger partial charge in [0, 0.05) is 11.1 Å². The van der Waals surface area contributed by atoms with Gasteiger partial charge in [-0.05, 0) is 18.2 Å². The van der Waals surface area contributed by atoms with E-state index in [0.29, 0.717) is 13.2 Å². The molecule has 0 amide bonds. The first-order valence-electron chi connectivity index (χ1n) is 5.13. The van der Waals surface area contributed by atoms with Gasteiger partial charge in [0.25, 0.3) is 0 Å². The minimum atomic E-state index is 0.0658. The standard InChI is InChI=1S/C11H11ClN2OS/c12-6-1-2-10-9(3-6)14-11(16-10)7-4-15-5-8(7)13/h1-3,7-8H,4-5,13H2. The summed E-state index contributed by atoms with van der Waals surface area (Å²) in [7, 11) is 0. The highest BCUT2D eigenvalue weighted by Crippen LogP contribution is 2.32. The largest absolute Gasteiger partial charge is 0.379 e. The molecular weight excluding hydrogens is 244 g/mol. The molecule has 0 bridgehead atoms. The molecule has 2 aromatic rings. The Morgan fingerprint density at radius 3 is 3.06 bits per heavy atom. The molecule has 1 aliphatic rings. The summed E-state index contributed by atoms with van der Waals surface area (Å²) >= 11 is 7.61. The highest BCUT2D eigenvalue weighted by Gasteiger charge is 2.29. The van der Waals surface area contributed by atoms with Crippen LogP contribution in [0.5, 0.6) is 0 Å². The summed E-state index contributed by atoms with van der Waals surface area (Å²) in [5.74, 6) is 0.233. The molecule has 16 heavy (non-hydrogen) atoms. The van der Waals surface area contributed by atoms with Gasteiger partial charge in [0.2, 0.25) is 0 Å². The molecule has 2 atom stereocenters. The lowest BCUT2D eigenvalue weighted by atomic mass is 10.1. The van der Waals surface area contributed by atoms with E-state index in [1.54, 1.807) is 11.3 Å². The zero-order valence-electron chi connectivity index (χ0n) is 8.52. The lowest BCUT2D eigenvalue weighted by Gasteiger charge is -2.08. The number of nitrogens with zero attached hydrogens (tertiary/aromatic N) is 1. The van der Waals surface area contributed by atoms with E-state index in [4.69, 9.17) is 22.1 Å². The van der Waals surface area contributed by atoms with Crippen molar-refractivity contribution in [3.63, 3.8) is 0 Å². The van der Waals surface area contributed by atoms with E-state index in [0.717, 1.165) is 20.2 Å². The first-order valence-corrected chi connectivity index (χ1v) is 6.33. The molecule has 5 heteroatoms. The second-order valence-corrected chi connectivity index (χ2v) is 5.47. The summed E-state index contributed by atoms with van der Waals surface area (Å²) in [6.45, 7) is 1.30. The second kappa shape index (κ2) is 3.96. The number of thiazole rings is 1. The van der Waals surface area contributed by atoms with Gasteiger partial charge in [-0.15, -0.1) is 11.3 Å². The van der Waals surface area contributed by atoms with Crippen LogP contribution in [0.1, 0.15) is 10.9 Å². The minimum absolute atomic E-state index is 0.0658. The second-order valence-electron chi connectivity index (χ2n) is 3.97. The van der Waals surface area contributed by atoms with Crippen molar-refractivity contribution in [1.82, 2.24) is 4.98 Å². The maximum atomic E-state index is 5.98. The molecule has 3 rings (SSSR count). The normalized spacial score (nSPS) is 25.4. The molecule has 0 aliphatic carbocycles. The maximum Gasteiger partial charge on any atom is 0.101 e. The van der Waals surface area contributed by atoms with Crippen molar-refractivity contribution >= 4 is 33.2 Å². The lowest BCUT2D eigenvalue weighted by Crippen LogP contribution is -2.26. The molecule has 1 aliphatic heterocycles. The average Bonchev–Trinajstić information content (AvgIpc) is 2.82. The molecule has 3 nitrogen and oxygen atoms in total. The quantitative estimate of drug-likeness (QED) is 0.850. The predicted octanol–water partition coefficient (Wildman–Crippen LogP) is 2.39. The Kier molecular flexibility index (Phi) is 2.59. The zero-order valence-corrected chi connectivity index (χ0v) is 10.1. The van der Waals surface area contributed by atoms with Gasteiger partial charge < -0.3 is 10.5 Å². The van der Waals surface area contributed by atoms with E-state index in [9.17, 15) is 0 Å². The van der Waals surface area contributed by atoms with Gasteiger partial charge in [0.1, 0.15) is 5.01 Å². The molecule has 0 radical (unpaired) electrons. The van der Waals surface area contributed by atoms with Crippen LogP contribution >= 0.6 is 22.9 Å². The first-order chi connectivity index (χ1) is 7.74. The van der Waals surface area contributed by atoms with E-state index in [1.807, 2.05) is 18.2 Å². The number of aromatic nitrogens is 1. The van der Waals surface area contributed by atoms with Crippen LogP contribution in [-0.4, -0.2) is 24.2 Å². The maximum absolute atomic E-state index is 5.98. The van der Waals surface area contributed by atoms with Gasteiger partial charge in [-0.2, -0.15) is 0 Å². The third-order valence-electron chi connectivity index (χ3n) is 2.81. The summed E-state index contributed by atoms with van der Waals surface area (Å²) in [6.07, 6.45) is 0. The number of hydrogen-bond donors (Lipinski definition) is 1. The van der Waals surface area contributed by atoms with Gasteiger partial charge in [0.15, 0.2) is 0 Å². The summed E-state index contributed by atoms with van der Waals surface area (Å²) in [5, 5.41) is 1.78. The van der Waals surface area contributed by atoms with Gasteiger partial charge in [-0.1, -0.05) is 11.6 Å². The van der Waals surface area contributed by atoms with Gasteiger partial charge >= 0.3 is 0 Å². The number of halogens is 1. The Labute approximate surface area is 102 Å². The molecule has 1 fully saturated rings. The number of fused-ring (bicyclic) bond motifs is 1. The third kappa shape index (κ3) is 1.72. The highest BCUT2D eigenvalue weighted by atomic mass is 35.5. The van der Waals surface area contributed by atoms with Gasteiger partial charge in [-0.25, -0.2) is 4.98 Å². The van der Waals surface area contributed by atoms with Crippen molar-refractivity contribution < 1.29 is 4.74 Å². The molecule has 2 unspecified atom stereocenters. The predicted molar refractivity (Wildman–Crippen MR) is 66.2 cm³/mol. The summed E-state index contributed by atoms with van der Waals surface area (Å²) in [5.41, 5.74) is 6.93. The fraction of sp³-hybridized carbons (Fsp3) is 0.364. The van der Waals surface area contributed by atoms with Crippen molar-refractivity contribution in [3.8, 4) is 0 Å². The summed E-state index contributed by atoms with van der Waals surface area (Å²) < 4.78 is 6.51. The Bertz CT molecular complexity index is 528. The Balaban J connectivity index is 2.04. The van der Waals surface area contributed by atoms with Crippen LogP contribution < -0.4 is 5.73 Å². The summed E-state index contributed by atoms with van der Waals surface area (Å²) in [6, 6.07) is 5.84. The number of rotatable bonds is 1. The molecule has 1 saturated heterocycles. The smallest absolute Gasteiger partial charge is 0.101 e.